The molecule has 2 aliphatic rings. The molecule has 0 fully saturated rings. The number of carbonyl (C=O) groups excluding carboxylic acids is 2. The maximum absolute atomic E-state index is 13.4. The van der Waals surface area contributed by atoms with Gasteiger partial charge in [0.25, 0.3) is 11.8 Å². The minimum absolute atomic E-state index is 0.0945. The second-order valence-corrected chi connectivity index (χ2v) is 7.64. The van der Waals surface area contributed by atoms with Gasteiger partial charge in [-0.2, -0.15) is 0 Å². The summed E-state index contributed by atoms with van der Waals surface area (Å²) < 4.78 is 1.98. The molecule has 3 heterocycles. The van der Waals surface area contributed by atoms with E-state index in [1.165, 1.54) is 5.56 Å². The molecule has 0 spiro atoms. The Bertz CT molecular complexity index is 887. The second-order valence-electron chi connectivity index (χ2n) is 7.64. The van der Waals surface area contributed by atoms with E-state index in [-0.39, 0.29) is 11.8 Å². The van der Waals surface area contributed by atoms with Crippen molar-refractivity contribution >= 4 is 17.5 Å². The van der Waals surface area contributed by atoms with Crippen LogP contribution in [-0.2, 0) is 19.4 Å². The molecule has 28 heavy (non-hydrogen) atoms. The van der Waals surface area contributed by atoms with Crippen LogP contribution in [0.1, 0.15) is 71.4 Å². The number of para-hydroxylation sites is 1. The molecular formula is C22H28N4O2. The van der Waals surface area contributed by atoms with Crippen LogP contribution >= 0.6 is 0 Å². The summed E-state index contributed by atoms with van der Waals surface area (Å²) in [5, 5.41) is 2.96. The van der Waals surface area contributed by atoms with Gasteiger partial charge in [0, 0.05) is 25.3 Å². The van der Waals surface area contributed by atoms with E-state index in [1.54, 1.807) is 0 Å². The Morgan fingerprint density at radius 3 is 2.82 bits per heavy atom. The lowest BCUT2D eigenvalue weighted by Gasteiger charge is -2.29. The summed E-state index contributed by atoms with van der Waals surface area (Å²) in [5.74, 6) is 0.159. The van der Waals surface area contributed by atoms with E-state index < -0.39 is 0 Å². The molecular weight excluding hydrogens is 352 g/mol. The topological polar surface area (TPSA) is 67.2 Å². The van der Waals surface area contributed by atoms with Crippen LogP contribution in [0.25, 0.3) is 0 Å². The van der Waals surface area contributed by atoms with Gasteiger partial charge in [-0.25, -0.2) is 4.98 Å². The van der Waals surface area contributed by atoms with E-state index >= 15 is 0 Å². The Labute approximate surface area is 165 Å². The van der Waals surface area contributed by atoms with E-state index in [0.29, 0.717) is 24.6 Å². The van der Waals surface area contributed by atoms with Crippen LogP contribution in [0.2, 0.25) is 0 Å². The van der Waals surface area contributed by atoms with Gasteiger partial charge >= 0.3 is 0 Å². The van der Waals surface area contributed by atoms with Crippen molar-refractivity contribution in [3.05, 3.63) is 47.0 Å². The molecule has 1 aromatic heterocycles. The first-order valence-electron chi connectivity index (χ1n) is 10.5. The summed E-state index contributed by atoms with van der Waals surface area (Å²) in [6.07, 6.45) is 6.74. The van der Waals surface area contributed by atoms with Crippen molar-refractivity contribution in [3.8, 4) is 0 Å². The summed E-state index contributed by atoms with van der Waals surface area (Å²) in [4.78, 5) is 32.5. The van der Waals surface area contributed by atoms with Gasteiger partial charge in [-0.05, 0) is 50.2 Å². The number of rotatable bonds is 5. The number of aromatic nitrogens is 2. The number of fused-ring (bicyclic) bond motifs is 2. The van der Waals surface area contributed by atoms with Crippen molar-refractivity contribution < 1.29 is 9.59 Å². The van der Waals surface area contributed by atoms with E-state index in [4.69, 9.17) is 0 Å². The predicted octanol–water partition coefficient (Wildman–Crippen LogP) is 3.34. The number of carbonyl (C=O) groups is 2. The fraction of sp³-hybridized carbons (Fsp3) is 0.500. The number of hydrogen-bond donors (Lipinski definition) is 1. The molecule has 0 bridgehead atoms. The van der Waals surface area contributed by atoms with Crippen LogP contribution in [0, 0.1) is 0 Å². The summed E-state index contributed by atoms with van der Waals surface area (Å²) >= 11 is 0. The minimum Gasteiger partial charge on any atom is -0.351 e. The number of hydrogen-bond acceptors (Lipinski definition) is 3. The highest BCUT2D eigenvalue weighted by Crippen LogP contribution is 2.29. The van der Waals surface area contributed by atoms with Gasteiger partial charge in [0.05, 0.1) is 5.69 Å². The van der Waals surface area contributed by atoms with E-state index in [1.807, 2.05) is 27.7 Å². The van der Waals surface area contributed by atoms with Crippen molar-refractivity contribution in [1.29, 1.82) is 0 Å². The van der Waals surface area contributed by atoms with E-state index in [2.05, 4.69) is 23.3 Å². The molecule has 2 aliphatic heterocycles. The number of anilines is 1. The molecule has 0 unspecified atom stereocenters. The van der Waals surface area contributed by atoms with Crippen LogP contribution in [0.5, 0.6) is 0 Å². The molecule has 2 aromatic rings. The third-order valence-corrected chi connectivity index (χ3v) is 5.70. The summed E-state index contributed by atoms with van der Waals surface area (Å²) in [7, 11) is 0. The minimum atomic E-state index is -0.155. The van der Waals surface area contributed by atoms with Crippen LogP contribution in [-0.4, -0.2) is 34.5 Å². The second kappa shape index (κ2) is 8.17. The zero-order chi connectivity index (χ0) is 19.5. The molecule has 2 amide bonds. The van der Waals surface area contributed by atoms with Gasteiger partial charge in [-0.1, -0.05) is 31.5 Å². The maximum atomic E-state index is 13.4. The quantitative estimate of drug-likeness (QED) is 0.809. The maximum Gasteiger partial charge on any atom is 0.294 e. The average Bonchev–Trinajstić information content (AvgIpc) is 3.13. The normalized spacial score (nSPS) is 15.7. The monoisotopic (exact) mass is 380 g/mol. The highest BCUT2D eigenvalue weighted by Gasteiger charge is 2.31. The van der Waals surface area contributed by atoms with E-state index in [9.17, 15) is 9.59 Å². The van der Waals surface area contributed by atoms with Crippen LogP contribution in [0.4, 0.5) is 5.69 Å². The van der Waals surface area contributed by atoms with Crippen molar-refractivity contribution in [2.75, 3.05) is 18.0 Å². The first-order valence-corrected chi connectivity index (χ1v) is 10.5. The fourth-order valence-electron chi connectivity index (χ4n) is 4.22. The van der Waals surface area contributed by atoms with Crippen molar-refractivity contribution in [2.24, 2.45) is 0 Å². The Kier molecular flexibility index (Phi) is 5.46. The first-order chi connectivity index (χ1) is 13.7. The number of nitrogens with one attached hydrogen (secondary N) is 1. The van der Waals surface area contributed by atoms with Gasteiger partial charge in [-0.15, -0.1) is 0 Å². The number of amides is 2. The smallest absolute Gasteiger partial charge is 0.294 e. The summed E-state index contributed by atoms with van der Waals surface area (Å²) in [6, 6.07) is 8.08. The number of unbranched alkanes of at least 4 members (excludes halogenated alkanes) is 1. The molecule has 148 valence electrons. The first kappa shape index (κ1) is 18.7. The number of imidazole rings is 1. The molecule has 0 saturated carbocycles. The lowest BCUT2D eigenvalue weighted by atomic mass is 10.0. The SMILES string of the molecule is CCCCNC(=O)c1nc(C(=O)N2CCCc3ccccc32)n2c1CCCC2. The standard InChI is InChI=1S/C22H28N4O2/c1-2-3-13-23-21(27)19-18-12-6-7-14-25(18)20(24-19)22(28)26-15-8-10-16-9-4-5-11-17(16)26/h4-5,9,11H,2-3,6-8,10,12-15H2,1H3,(H,23,27). The third-order valence-electron chi connectivity index (χ3n) is 5.70. The number of benzene rings is 1. The molecule has 4 rings (SSSR count). The molecule has 6 nitrogen and oxygen atoms in total. The molecule has 0 aliphatic carbocycles. The Hall–Kier alpha value is -2.63. The molecule has 0 atom stereocenters. The van der Waals surface area contributed by atoms with Gasteiger partial charge in [-0.3, -0.25) is 9.59 Å². The third kappa shape index (κ3) is 3.43. The zero-order valence-electron chi connectivity index (χ0n) is 16.5. The zero-order valence-corrected chi connectivity index (χ0v) is 16.5. The molecule has 1 N–H and O–H groups in total. The lowest BCUT2D eigenvalue weighted by molar-refractivity contribution is 0.0947. The van der Waals surface area contributed by atoms with Gasteiger partial charge < -0.3 is 14.8 Å². The molecule has 6 heteroatoms. The van der Waals surface area contributed by atoms with Crippen molar-refractivity contribution in [2.45, 2.75) is 58.4 Å². The predicted molar refractivity (Wildman–Crippen MR) is 109 cm³/mol. The Morgan fingerprint density at radius 1 is 1.11 bits per heavy atom. The highest BCUT2D eigenvalue weighted by molar-refractivity contribution is 6.06. The number of aryl methyl sites for hydroxylation is 1. The molecule has 0 radical (unpaired) electrons. The Morgan fingerprint density at radius 2 is 1.96 bits per heavy atom. The van der Waals surface area contributed by atoms with Gasteiger partial charge in [0.2, 0.25) is 5.82 Å². The van der Waals surface area contributed by atoms with Crippen LogP contribution in [0.15, 0.2) is 24.3 Å². The average molecular weight is 380 g/mol. The fourth-order valence-corrected chi connectivity index (χ4v) is 4.22. The van der Waals surface area contributed by atoms with Crippen molar-refractivity contribution in [3.63, 3.8) is 0 Å². The molecule has 1 aromatic carbocycles. The van der Waals surface area contributed by atoms with Gasteiger partial charge in [0.15, 0.2) is 0 Å². The highest BCUT2D eigenvalue weighted by atomic mass is 16.2. The molecule has 0 saturated heterocycles. The Balaban J connectivity index is 1.67. The van der Waals surface area contributed by atoms with Crippen LogP contribution in [0.3, 0.4) is 0 Å². The van der Waals surface area contributed by atoms with E-state index in [0.717, 1.165) is 62.9 Å². The largest absolute Gasteiger partial charge is 0.351 e. The lowest BCUT2D eigenvalue weighted by Crippen LogP contribution is -2.37. The number of nitrogens with zero attached hydrogens (tertiary/aromatic N) is 3. The van der Waals surface area contributed by atoms with Gasteiger partial charge in [0.1, 0.15) is 5.69 Å². The summed E-state index contributed by atoms with van der Waals surface area (Å²) in [5.41, 5.74) is 3.52. The van der Waals surface area contributed by atoms with Crippen molar-refractivity contribution in [1.82, 2.24) is 14.9 Å². The summed E-state index contributed by atoms with van der Waals surface area (Å²) in [6.45, 7) is 4.18. The van der Waals surface area contributed by atoms with Crippen LogP contribution < -0.4 is 10.2 Å².